The molecule has 1 amide bonds. The van der Waals surface area contributed by atoms with Crippen LogP contribution in [0.2, 0.25) is 0 Å². The number of sulfone groups is 1. The molecule has 1 fully saturated rings. The van der Waals surface area contributed by atoms with Gasteiger partial charge in [-0.2, -0.15) is 0 Å². The summed E-state index contributed by atoms with van der Waals surface area (Å²) in [5.41, 5.74) is 0.892. The van der Waals surface area contributed by atoms with Gasteiger partial charge >= 0.3 is 0 Å². The summed E-state index contributed by atoms with van der Waals surface area (Å²) in [7, 11) is -3.18. The third-order valence-electron chi connectivity index (χ3n) is 3.54. The van der Waals surface area contributed by atoms with Crippen LogP contribution in [0, 0.1) is 0 Å². The summed E-state index contributed by atoms with van der Waals surface area (Å²) in [6.07, 6.45) is 3.07. The maximum atomic E-state index is 12.0. The van der Waals surface area contributed by atoms with Gasteiger partial charge in [0.05, 0.1) is 17.0 Å². The van der Waals surface area contributed by atoms with Crippen molar-refractivity contribution in [2.45, 2.75) is 36.7 Å². The van der Waals surface area contributed by atoms with Crippen molar-refractivity contribution >= 4 is 28.2 Å². The number of amides is 1. The Balaban J connectivity index is 0.00000220. The lowest BCUT2D eigenvalue weighted by atomic mass is 10.1. The predicted molar refractivity (Wildman–Crippen MR) is 84.4 cm³/mol. The quantitative estimate of drug-likeness (QED) is 0.875. The fourth-order valence-corrected chi connectivity index (χ4v) is 2.94. The molecule has 0 bridgehead atoms. The van der Waals surface area contributed by atoms with E-state index in [-0.39, 0.29) is 35.3 Å². The average molecular weight is 333 g/mol. The summed E-state index contributed by atoms with van der Waals surface area (Å²) in [6, 6.07) is 6.38. The van der Waals surface area contributed by atoms with Crippen LogP contribution in [0.1, 0.15) is 31.4 Å². The molecule has 1 aliphatic heterocycles. The Morgan fingerprint density at radius 2 is 1.95 bits per heavy atom. The van der Waals surface area contributed by atoms with Gasteiger partial charge in [-0.1, -0.05) is 12.1 Å². The van der Waals surface area contributed by atoms with Crippen molar-refractivity contribution in [3.05, 3.63) is 29.8 Å². The van der Waals surface area contributed by atoms with E-state index in [0.717, 1.165) is 24.9 Å². The second kappa shape index (κ2) is 7.24. The molecule has 2 atom stereocenters. The molecular formula is C14H21ClN2O3S. The number of rotatable bonds is 4. The second-order valence-corrected chi connectivity index (χ2v) is 7.24. The van der Waals surface area contributed by atoms with E-state index in [0.29, 0.717) is 0 Å². The number of carbonyl (C=O) groups is 1. The minimum absolute atomic E-state index is 0. The van der Waals surface area contributed by atoms with Gasteiger partial charge in [0.2, 0.25) is 5.91 Å². The fourth-order valence-electron chi connectivity index (χ4n) is 2.31. The van der Waals surface area contributed by atoms with Crippen LogP contribution < -0.4 is 10.6 Å². The minimum atomic E-state index is -3.18. The SMILES string of the molecule is CC(NC(=O)[C@@H]1CCCN1)c1ccc(S(C)(=O)=O)cc1.Cl. The summed E-state index contributed by atoms with van der Waals surface area (Å²) in [6.45, 7) is 2.78. The highest BCUT2D eigenvalue weighted by Gasteiger charge is 2.23. The minimum Gasteiger partial charge on any atom is -0.348 e. The van der Waals surface area contributed by atoms with E-state index in [9.17, 15) is 13.2 Å². The molecule has 1 unspecified atom stereocenters. The first kappa shape index (κ1) is 17.9. The topological polar surface area (TPSA) is 75.3 Å². The van der Waals surface area contributed by atoms with Gasteiger partial charge in [-0.05, 0) is 44.0 Å². The summed E-state index contributed by atoms with van der Waals surface area (Å²) >= 11 is 0. The Bertz CT molecular complexity index is 581. The Labute approximate surface area is 131 Å². The van der Waals surface area contributed by atoms with Crippen LogP contribution in [0.4, 0.5) is 0 Å². The molecule has 1 aromatic carbocycles. The van der Waals surface area contributed by atoms with E-state index >= 15 is 0 Å². The maximum Gasteiger partial charge on any atom is 0.237 e. The normalized spacial score (nSPS) is 19.6. The molecular weight excluding hydrogens is 312 g/mol. The molecule has 1 heterocycles. The third-order valence-corrected chi connectivity index (χ3v) is 4.67. The van der Waals surface area contributed by atoms with E-state index in [4.69, 9.17) is 0 Å². The van der Waals surface area contributed by atoms with Gasteiger partial charge < -0.3 is 10.6 Å². The first-order valence-electron chi connectivity index (χ1n) is 6.72. The highest BCUT2D eigenvalue weighted by molar-refractivity contribution is 7.90. The average Bonchev–Trinajstić information content (AvgIpc) is 2.91. The van der Waals surface area contributed by atoms with E-state index in [2.05, 4.69) is 10.6 Å². The van der Waals surface area contributed by atoms with Crippen LogP contribution in [0.3, 0.4) is 0 Å². The molecule has 118 valence electrons. The van der Waals surface area contributed by atoms with Crippen molar-refractivity contribution in [3.63, 3.8) is 0 Å². The van der Waals surface area contributed by atoms with Crippen LogP contribution in [-0.2, 0) is 14.6 Å². The van der Waals surface area contributed by atoms with Crippen LogP contribution in [0.25, 0.3) is 0 Å². The zero-order chi connectivity index (χ0) is 14.8. The lowest BCUT2D eigenvalue weighted by Gasteiger charge is -2.17. The van der Waals surface area contributed by atoms with E-state index in [1.807, 2.05) is 6.92 Å². The lowest BCUT2D eigenvalue weighted by Crippen LogP contribution is -2.41. The molecule has 2 rings (SSSR count). The van der Waals surface area contributed by atoms with E-state index < -0.39 is 9.84 Å². The molecule has 0 radical (unpaired) electrons. The van der Waals surface area contributed by atoms with Crippen LogP contribution in [-0.4, -0.2) is 33.2 Å². The molecule has 0 spiro atoms. The Kier molecular flexibility index (Phi) is 6.19. The van der Waals surface area contributed by atoms with Gasteiger partial charge in [0.25, 0.3) is 0 Å². The van der Waals surface area contributed by atoms with Crippen molar-refractivity contribution in [1.82, 2.24) is 10.6 Å². The molecule has 1 saturated heterocycles. The number of hydrogen-bond donors (Lipinski definition) is 2. The van der Waals surface area contributed by atoms with Gasteiger partial charge in [0.1, 0.15) is 0 Å². The largest absolute Gasteiger partial charge is 0.348 e. The highest BCUT2D eigenvalue weighted by atomic mass is 35.5. The summed E-state index contributed by atoms with van der Waals surface area (Å²) in [5.74, 6) is 0.00203. The lowest BCUT2D eigenvalue weighted by molar-refractivity contribution is -0.123. The molecule has 0 aromatic heterocycles. The molecule has 2 N–H and O–H groups in total. The fraction of sp³-hybridized carbons (Fsp3) is 0.500. The van der Waals surface area contributed by atoms with Crippen LogP contribution >= 0.6 is 12.4 Å². The summed E-state index contributed by atoms with van der Waals surface area (Å²) in [5, 5.41) is 6.10. The molecule has 21 heavy (non-hydrogen) atoms. The molecule has 0 aliphatic carbocycles. The number of nitrogens with one attached hydrogen (secondary N) is 2. The number of hydrogen-bond acceptors (Lipinski definition) is 4. The first-order chi connectivity index (χ1) is 9.38. The Morgan fingerprint density at radius 3 is 2.43 bits per heavy atom. The molecule has 5 nitrogen and oxygen atoms in total. The molecule has 1 aliphatic rings. The van der Waals surface area contributed by atoms with E-state index in [1.165, 1.54) is 6.26 Å². The van der Waals surface area contributed by atoms with Crippen molar-refractivity contribution in [2.75, 3.05) is 12.8 Å². The number of carbonyl (C=O) groups excluding carboxylic acids is 1. The summed E-state index contributed by atoms with van der Waals surface area (Å²) < 4.78 is 22.8. The Hall–Kier alpha value is -1.11. The molecule has 0 saturated carbocycles. The zero-order valence-corrected chi connectivity index (χ0v) is 13.8. The zero-order valence-electron chi connectivity index (χ0n) is 12.1. The second-order valence-electron chi connectivity index (χ2n) is 5.22. The predicted octanol–water partition coefficient (Wildman–Crippen LogP) is 1.44. The van der Waals surface area contributed by atoms with Crippen LogP contribution in [0.15, 0.2) is 29.2 Å². The monoisotopic (exact) mass is 332 g/mol. The maximum absolute atomic E-state index is 12.0. The van der Waals surface area contributed by atoms with Crippen LogP contribution in [0.5, 0.6) is 0 Å². The van der Waals surface area contributed by atoms with E-state index in [1.54, 1.807) is 24.3 Å². The standard InChI is InChI=1S/C14H20N2O3S.ClH/c1-10(16-14(17)13-4-3-9-15-13)11-5-7-12(8-6-11)20(2,18)19;/h5-8,10,13,15H,3-4,9H2,1-2H3,(H,16,17);1H/t10?,13-;/m0./s1. The van der Waals surface area contributed by atoms with Crippen molar-refractivity contribution in [3.8, 4) is 0 Å². The Morgan fingerprint density at radius 1 is 1.33 bits per heavy atom. The third kappa shape index (κ3) is 4.69. The van der Waals surface area contributed by atoms with Gasteiger partial charge in [0.15, 0.2) is 9.84 Å². The number of halogens is 1. The summed E-state index contributed by atoms with van der Waals surface area (Å²) in [4.78, 5) is 12.3. The van der Waals surface area contributed by atoms with Crippen molar-refractivity contribution in [1.29, 1.82) is 0 Å². The number of benzene rings is 1. The van der Waals surface area contributed by atoms with Crippen molar-refractivity contribution in [2.24, 2.45) is 0 Å². The molecule has 1 aromatic rings. The first-order valence-corrected chi connectivity index (χ1v) is 8.61. The van der Waals surface area contributed by atoms with Gasteiger partial charge in [0, 0.05) is 6.26 Å². The highest BCUT2D eigenvalue weighted by Crippen LogP contribution is 2.17. The van der Waals surface area contributed by atoms with Gasteiger partial charge in [-0.25, -0.2) is 8.42 Å². The van der Waals surface area contributed by atoms with Gasteiger partial charge in [-0.3, -0.25) is 4.79 Å². The molecule has 7 heteroatoms. The van der Waals surface area contributed by atoms with Crippen molar-refractivity contribution < 1.29 is 13.2 Å². The smallest absolute Gasteiger partial charge is 0.237 e. The van der Waals surface area contributed by atoms with Gasteiger partial charge in [-0.15, -0.1) is 12.4 Å².